The van der Waals surface area contributed by atoms with E-state index in [-0.39, 0.29) is 0 Å². The third-order valence-corrected chi connectivity index (χ3v) is 3.26. The van der Waals surface area contributed by atoms with E-state index in [9.17, 15) is 0 Å². The van der Waals surface area contributed by atoms with E-state index in [1.165, 1.54) is 29.4 Å². The van der Waals surface area contributed by atoms with Crippen molar-refractivity contribution in [3.05, 3.63) is 34.5 Å². The Morgan fingerprint density at radius 2 is 2.13 bits per heavy atom. The Bertz CT molecular complexity index is 471. The molecule has 0 amide bonds. The quantitative estimate of drug-likeness (QED) is 0.787. The van der Waals surface area contributed by atoms with Gasteiger partial charge in [0, 0.05) is 16.1 Å². The van der Waals surface area contributed by atoms with Gasteiger partial charge in [-0.15, -0.1) is 0 Å². The number of nitrogens with one attached hydrogen (secondary N) is 1. The van der Waals surface area contributed by atoms with Crippen LogP contribution in [0.2, 0.25) is 5.02 Å². The van der Waals surface area contributed by atoms with E-state index in [0.29, 0.717) is 0 Å². The Morgan fingerprint density at radius 1 is 1.33 bits per heavy atom. The van der Waals surface area contributed by atoms with E-state index in [1.54, 1.807) is 0 Å². The van der Waals surface area contributed by atoms with Gasteiger partial charge < -0.3 is 4.98 Å². The summed E-state index contributed by atoms with van der Waals surface area (Å²) >= 11 is 6.08. The SMILES string of the molecule is CCCCc1cc2ccc(Cl)c(C)c2[nH]1. The molecule has 80 valence electrons. The van der Waals surface area contributed by atoms with Gasteiger partial charge in [-0.1, -0.05) is 31.0 Å². The minimum absolute atomic E-state index is 0.839. The normalized spacial score (nSPS) is 11.1. The van der Waals surface area contributed by atoms with Gasteiger partial charge in [-0.3, -0.25) is 0 Å². The molecule has 0 unspecified atom stereocenters. The minimum Gasteiger partial charge on any atom is -0.358 e. The van der Waals surface area contributed by atoms with E-state index in [0.717, 1.165) is 17.0 Å². The number of fused-ring (bicyclic) bond motifs is 1. The Hall–Kier alpha value is -0.950. The molecule has 0 aliphatic rings. The summed E-state index contributed by atoms with van der Waals surface area (Å²) in [5.74, 6) is 0. The van der Waals surface area contributed by atoms with Gasteiger partial charge in [-0.2, -0.15) is 0 Å². The highest BCUT2D eigenvalue weighted by molar-refractivity contribution is 6.32. The van der Waals surface area contributed by atoms with Crippen LogP contribution in [0.1, 0.15) is 31.0 Å². The molecular formula is C13H16ClN. The van der Waals surface area contributed by atoms with Gasteiger partial charge in [-0.05, 0) is 37.5 Å². The van der Waals surface area contributed by atoms with Crippen molar-refractivity contribution in [2.75, 3.05) is 0 Å². The Morgan fingerprint density at radius 3 is 2.87 bits per heavy atom. The number of unbranched alkanes of at least 4 members (excludes halogenated alkanes) is 1. The number of rotatable bonds is 3. The van der Waals surface area contributed by atoms with Crippen LogP contribution < -0.4 is 0 Å². The molecule has 1 aromatic carbocycles. The van der Waals surface area contributed by atoms with E-state index >= 15 is 0 Å². The van der Waals surface area contributed by atoms with Crippen LogP contribution in [0.4, 0.5) is 0 Å². The Balaban J connectivity index is 2.42. The van der Waals surface area contributed by atoms with Crippen molar-refractivity contribution in [2.24, 2.45) is 0 Å². The molecule has 2 aromatic rings. The summed E-state index contributed by atoms with van der Waals surface area (Å²) in [7, 11) is 0. The number of hydrogen-bond donors (Lipinski definition) is 1. The molecule has 0 saturated carbocycles. The summed E-state index contributed by atoms with van der Waals surface area (Å²) in [5.41, 5.74) is 3.66. The third kappa shape index (κ3) is 2.03. The van der Waals surface area contributed by atoms with Gasteiger partial charge in [0.2, 0.25) is 0 Å². The monoisotopic (exact) mass is 221 g/mol. The zero-order valence-corrected chi connectivity index (χ0v) is 9.99. The second kappa shape index (κ2) is 4.28. The minimum atomic E-state index is 0.839. The summed E-state index contributed by atoms with van der Waals surface area (Å²) in [6.07, 6.45) is 3.59. The van der Waals surface area contributed by atoms with E-state index < -0.39 is 0 Å². The van der Waals surface area contributed by atoms with Crippen molar-refractivity contribution in [3.8, 4) is 0 Å². The fourth-order valence-electron chi connectivity index (χ4n) is 1.88. The number of aromatic nitrogens is 1. The standard InChI is InChI=1S/C13H16ClN/c1-3-4-5-11-8-10-6-7-12(14)9(2)13(10)15-11/h6-8,15H,3-5H2,1-2H3. The average molecular weight is 222 g/mol. The van der Waals surface area contributed by atoms with Crippen molar-refractivity contribution < 1.29 is 0 Å². The maximum Gasteiger partial charge on any atom is 0.0500 e. The van der Waals surface area contributed by atoms with Gasteiger partial charge in [-0.25, -0.2) is 0 Å². The van der Waals surface area contributed by atoms with E-state index in [2.05, 4.69) is 31.0 Å². The number of benzene rings is 1. The molecule has 0 spiro atoms. The first kappa shape index (κ1) is 10.6. The molecule has 0 fully saturated rings. The second-order valence-electron chi connectivity index (χ2n) is 4.03. The number of hydrogen-bond acceptors (Lipinski definition) is 0. The zero-order valence-electron chi connectivity index (χ0n) is 9.23. The number of H-pyrrole nitrogens is 1. The van der Waals surface area contributed by atoms with Gasteiger partial charge in [0.1, 0.15) is 0 Å². The number of aromatic amines is 1. The van der Waals surface area contributed by atoms with E-state index in [1.807, 2.05) is 6.07 Å². The molecule has 0 saturated heterocycles. The molecule has 1 aromatic heterocycles. The van der Waals surface area contributed by atoms with Crippen LogP contribution in [0, 0.1) is 6.92 Å². The molecule has 0 aliphatic heterocycles. The third-order valence-electron chi connectivity index (χ3n) is 2.85. The van der Waals surface area contributed by atoms with Crippen LogP contribution in [0.3, 0.4) is 0 Å². The highest BCUT2D eigenvalue weighted by atomic mass is 35.5. The summed E-state index contributed by atoms with van der Waals surface area (Å²) in [6.45, 7) is 4.27. The molecule has 15 heavy (non-hydrogen) atoms. The summed E-state index contributed by atoms with van der Waals surface area (Å²) in [6, 6.07) is 6.28. The lowest BCUT2D eigenvalue weighted by Crippen LogP contribution is -1.83. The zero-order chi connectivity index (χ0) is 10.8. The summed E-state index contributed by atoms with van der Waals surface area (Å²) in [5, 5.41) is 2.11. The smallest absolute Gasteiger partial charge is 0.0500 e. The Kier molecular flexibility index (Phi) is 3.01. The van der Waals surface area contributed by atoms with E-state index in [4.69, 9.17) is 11.6 Å². The van der Waals surface area contributed by atoms with Crippen LogP contribution in [0.5, 0.6) is 0 Å². The summed E-state index contributed by atoms with van der Waals surface area (Å²) < 4.78 is 0. The molecule has 0 radical (unpaired) electrons. The van der Waals surface area contributed by atoms with Gasteiger partial charge in [0.05, 0.1) is 5.52 Å². The van der Waals surface area contributed by atoms with Crippen molar-refractivity contribution in [2.45, 2.75) is 33.1 Å². The Labute approximate surface area is 95.5 Å². The van der Waals surface area contributed by atoms with Gasteiger partial charge in [0.25, 0.3) is 0 Å². The molecule has 1 N–H and O–H groups in total. The first-order valence-corrected chi connectivity index (χ1v) is 5.87. The van der Waals surface area contributed by atoms with Crippen LogP contribution >= 0.6 is 11.6 Å². The number of halogens is 1. The van der Waals surface area contributed by atoms with Gasteiger partial charge in [0.15, 0.2) is 0 Å². The molecule has 0 bridgehead atoms. The molecular weight excluding hydrogens is 206 g/mol. The first-order chi connectivity index (χ1) is 7.22. The predicted octanol–water partition coefficient (Wildman–Crippen LogP) is 4.47. The maximum absolute atomic E-state index is 6.08. The lowest BCUT2D eigenvalue weighted by molar-refractivity contribution is 0.782. The maximum atomic E-state index is 6.08. The van der Waals surface area contributed by atoms with Crippen LogP contribution in [-0.2, 0) is 6.42 Å². The lowest BCUT2D eigenvalue weighted by atomic mass is 10.1. The largest absolute Gasteiger partial charge is 0.358 e. The van der Waals surface area contributed by atoms with Crippen molar-refractivity contribution >= 4 is 22.5 Å². The molecule has 1 heterocycles. The topological polar surface area (TPSA) is 15.8 Å². The van der Waals surface area contributed by atoms with Crippen molar-refractivity contribution in [1.82, 2.24) is 4.98 Å². The molecule has 1 nitrogen and oxygen atoms in total. The summed E-state index contributed by atoms with van der Waals surface area (Å²) in [4.78, 5) is 3.46. The molecule has 2 heteroatoms. The van der Waals surface area contributed by atoms with Crippen LogP contribution in [0.15, 0.2) is 18.2 Å². The highest BCUT2D eigenvalue weighted by Gasteiger charge is 2.05. The molecule has 2 rings (SSSR count). The average Bonchev–Trinajstić information content (AvgIpc) is 2.64. The highest BCUT2D eigenvalue weighted by Crippen LogP contribution is 2.25. The predicted molar refractivity (Wildman–Crippen MR) is 66.7 cm³/mol. The van der Waals surface area contributed by atoms with Crippen LogP contribution in [0.25, 0.3) is 10.9 Å². The fourth-order valence-corrected chi connectivity index (χ4v) is 2.04. The second-order valence-corrected chi connectivity index (χ2v) is 4.44. The number of aryl methyl sites for hydroxylation is 2. The first-order valence-electron chi connectivity index (χ1n) is 5.49. The molecule has 0 atom stereocenters. The van der Waals surface area contributed by atoms with Crippen LogP contribution in [-0.4, -0.2) is 4.98 Å². The van der Waals surface area contributed by atoms with Crippen molar-refractivity contribution in [1.29, 1.82) is 0 Å². The van der Waals surface area contributed by atoms with Crippen molar-refractivity contribution in [3.63, 3.8) is 0 Å². The fraction of sp³-hybridized carbons (Fsp3) is 0.385. The lowest BCUT2D eigenvalue weighted by Gasteiger charge is -1.98. The van der Waals surface area contributed by atoms with Gasteiger partial charge >= 0.3 is 0 Å². The molecule has 0 aliphatic carbocycles.